The van der Waals surface area contributed by atoms with E-state index >= 15 is 0 Å². The summed E-state index contributed by atoms with van der Waals surface area (Å²) in [6.07, 6.45) is 2.94. The van der Waals surface area contributed by atoms with Gasteiger partial charge in [0, 0.05) is 37.5 Å². The first-order valence-corrected chi connectivity index (χ1v) is 8.58. The standard InChI is InChI=1S/C20H25N3O/c1-5-15(3)23(6-2)16-8-7-9-17(12-16)24-18-10-11-19-20(13-18)22(4)14-21-19/h7-15H,5-6H2,1-4H3. The Balaban J connectivity index is 1.86. The number of aromatic nitrogens is 2. The lowest BCUT2D eigenvalue weighted by atomic mass is 10.2. The molecular weight excluding hydrogens is 298 g/mol. The third-order valence-electron chi connectivity index (χ3n) is 4.55. The molecule has 0 saturated carbocycles. The molecule has 2 aromatic carbocycles. The van der Waals surface area contributed by atoms with Gasteiger partial charge in [-0.25, -0.2) is 4.98 Å². The first kappa shape index (κ1) is 16.4. The van der Waals surface area contributed by atoms with E-state index in [1.165, 1.54) is 5.69 Å². The van der Waals surface area contributed by atoms with Gasteiger partial charge >= 0.3 is 0 Å². The molecule has 126 valence electrons. The van der Waals surface area contributed by atoms with Gasteiger partial charge in [-0.15, -0.1) is 0 Å². The van der Waals surface area contributed by atoms with Gasteiger partial charge in [0.1, 0.15) is 11.5 Å². The average Bonchev–Trinajstić information content (AvgIpc) is 2.96. The highest BCUT2D eigenvalue weighted by Gasteiger charge is 2.12. The van der Waals surface area contributed by atoms with Crippen molar-refractivity contribution in [3.8, 4) is 11.5 Å². The van der Waals surface area contributed by atoms with Crippen LogP contribution in [0.3, 0.4) is 0 Å². The van der Waals surface area contributed by atoms with Crippen LogP contribution in [0.1, 0.15) is 27.2 Å². The van der Waals surface area contributed by atoms with E-state index in [1.807, 2.05) is 42.2 Å². The monoisotopic (exact) mass is 323 g/mol. The van der Waals surface area contributed by atoms with Crippen LogP contribution in [0.25, 0.3) is 11.0 Å². The Morgan fingerprint density at radius 3 is 2.67 bits per heavy atom. The second-order valence-electron chi connectivity index (χ2n) is 6.15. The third kappa shape index (κ3) is 3.23. The Morgan fingerprint density at radius 1 is 1.12 bits per heavy atom. The minimum absolute atomic E-state index is 0.510. The van der Waals surface area contributed by atoms with Crippen LogP contribution in [0.15, 0.2) is 48.8 Å². The van der Waals surface area contributed by atoms with E-state index in [0.29, 0.717) is 6.04 Å². The van der Waals surface area contributed by atoms with E-state index in [2.05, 4.69) is 48.9 Å². The fraction of sp³-hybridized carbons (Fsp3) is 0.350. The summed E-state index contributed by atoms with van der Waals surface area (Å²) in [7, 11) is 1.99. The number of hydrogen-bond donors (Lipinski definition) is 0. The van der Waals surface area contributed by atoms with Gasteiger partial charge in [0.2, 0.25) is 0 Å². The third-order valence-corrected chi connectivity index (χ3v) is 4.55. The predicted octanol–water partition coefficient (Wildman–Crippen LogP) is 4.99. The predicted molar refractivity (Wildman–Crippen MR) is 100 cm³/mol. The van der Waals surface area contributed by atoms with Crippen LogP contribution in [0.2, 0.25) is 0 Å². The molecule has 1 unspecified atom stereocenters. The molecule has 0 saturated heterocycles. The van der Waals surface area contributed by atoms with Gasteiger partial charge in [0.05, 0.1) is 17.4 Å². The van der Waals surface area contributed by atoms with Crippen molar-refractivity contribution in [2.75, 3.05) is 11.4 Å². The average molecular weight is 323 g/mol. The molecule has 0 aliphatic carbocycles. The molecule has 3 aromatic rings. The van der Waals surface area contributed by atoms with Gasteiger partial charge in [0.25, 0.3) is 0 Å². The number of rotatable bonds is 6. The lowest BCUT2D eigenvalue weighted by molar-refractivity contribution is 0.482. The van der Waals surface area contributed by atoms with Gasteiger partial charge in [-0.1, -0.05) is 13.0 Å². The zero-order valence-corrected chi connectivity index (χ0v) is 14.9. The molecule has 0 spiro atoms. The minimum atomic E-state index is 0.510. The molecule has 24 heavy (non-hydrogen) atoms. The first-order valence-electron chi connectivity index (χ1n) is 8.58. The molecule has 0 radical (unpaired) electrons. The molecule has 0 amide bonds. The van der Waals surface area contributed by atoms with Gasteiger partial charge < -0.3 is 14.2 Å². The molecule has 1 aromatic heterocycles. The SMILES string of the molecule is CCC(C)N(CC)c1cccc(Oc2ccc3ncn(C)c3c2)c1. The van der Waals surface area contributed by atoms with Crippen LogP contribution >= 0.6 is 0 Å². The number of imidazole rings is 1. The summed E-state index contributed by atoms with van der Waals surface area (Å²) in [6.45, 7) is 7.65. The number of hydrogen-bond acceptors (Lipinski definition) is 3. The van der Waals surface area contributed by atoms with Crippen molar-refractivity contribution in [2.45, 2.75) is 33.2 Å². The Bertz CT molecular complexity index is 825. The van der Waals surface area contributed by atoms with Crippen molar-refractivity contribution in [3.05, 3.63) is 48.8 Å². The maximum absolute atomic E-state index is 6.09. The highest BCUT2D eigenvalue weighted by Crippen LogP contribution is 2.29. The largest absolute Gasteiger partial charge is 0.457 e. The molecule has 4 heteroatoms. The van der Waals surface area contributed by atoms with Crippen molar-refractivity contribution in [1.29, 1.82) is 0 Å². The van der Waals surface area contributed by atoms with Gasteiger partial charge in [0.15, 0.2) is 0 Å². The van der Waals surface area contributed by atoms with Crippen molar-refractivity contribution >= 4 is 16.7 Å². The molecule has 1 heterocycles. The number of nitrogens with zero attached hydrogens (tertiary/aromatic N) is 3. The minimum Gasteiger partial charge on any atom is -0.457 e. The summed E-state index contributed by atoms with van der Waals surface area (Å²) in [4.78, 5) is 6.74. The van der Waals surface area contributed by atoms with Gasteiger partial charge in [-0.05, 0) is 44.5 Å². The Kier molecular flexibility index (Phi) is 4.74. The van der Waals surface area contributed by atoms with E-state index in [0.717, 1.165) is 35.5 Å². The van der Waals surface area contributed by atoms with E-state index < -0.39 is 0 Å². The number of ether oxygens (including phenoxy) is 1. The summed E-state index contributed by atoms with van der Waals surface area (Å²) in [5, 5.41) is 0. The first-order chi connectivity index (χ1) is 11.6. The molecule has 1 atom stereocenters. The maximum atomic E-state index is 6.09. The van der Waals surface area contributed by atoms with Crippen molar-refractivity contribution in [2.24, 2.45) is 7.05 Å². The summed E-state index contributed by atoms with van der Waals surface area (Å²) in [6, 6.07) is 14.8. The fourth-order valence-electron chi connectivity index (χ4n) is 3.00. The van der Waals surface area contributed by atoms with Crippen LogP contribution in [-0.2, 0) is 7.05 Å². The zero-order valence-electron chi connectivity index (χ0n) is 14.9. The van der Waals surface area contributed by atoms with Gasteiger partial charge in [-0.3, -0.25) is 0 Å². The molecular formula is C20H25N3O. The maximum Gasteiger partial charge on any atom is 0.129 e. The van der Waals surface area contributed by atoms with E-state index in [9.17, 15) is 0 Å². The van der Waals surface area contributed by atoms with Crippen molar-refractivity contribution < 1.29 is 4.74 Å². The van der Waals surface area contributed by atoms with Crippen molar-refractivity contribution in [1.82, 2.24) is 9.55 Å². The van der Waals surface area contributed by atoms with E-state index in [-0.39, 0.29) is 0 Å². The lowest BCUT2D eigenvalue weighted by Crippen LogP contribution is -2.32. The quantitative estimate of drug-likeness (QED) is 0.640. The summed E-state index contributed by atoms with van der Waals surface area (Å²) in [5.74, 6) is 1.69. The number of benzene rings is 2. The Morgan fingerprint density at radius 2 is 1.92 bits per heavy atom. The summed E-state index contributed by atoms with van der Waals surface area (Å²) >= 11 is 0. The van der Waals surface area contributed by atoms with Crippen LogP contribution in [0.4, 0.5) is 5.69 Å². The number of anilines is 1. The van der Waals surface area contributed by atoms with E-state index in [4.69, 9.17) is 4.74 Å². The Hall–Kier alpha value is -2.49. The molecule has 0 aliphatic heterocycles. The van der Waals surface area contributed by atoms with Crippen LogP contribution in [0, 0.1) is 0 Å². The highest BCUT2D eigenvalue weighted by molar-refractivity contribution is 5.77. The molecule has 3 rings (SSSR count). The summed E-state index contributed by atoms with van der Waals surface area (Å²) < 4.78 is 8.09. The lowest BCUT2D eigenvalue weighted by Gasteiger charge is -2.29. The number of aryl methyl sites for hydroxylation is 1. The van der Waals surface area contributed by atoms with Crippen molar-refractivity contribution in [3.63, 3.8) is 0 Å². The molecule has 0 N–H and O–H groups in total. The number of fused-ring (bicyclic) bond motifs is 1. The highest BCUT2D eigenvalue weighted by atomic mass is 16.5. The normalized spacial score (nSPS) is 12.3. The zero-order chi connectivity index (χ0) is 17.1. The fourth-order valence-corrected chi connectivity index (χ4v) is 3.00. The second kappa shape index (κ2) is 6.95. The molecule has 0 aliphatic rings. The smallest absolute Gasteiger partial charge is 0.129 e. The Labute approximate surface area is 143 Å². The molecule has 0 bridgehead atoms. The van der Waals surface area contributed by atoms with E-state index in [1.54, 1.807) is 0 Å². The topological polar surface area (TPSA) is 30.3 Å². The second-order valence-corrected chi connectivity index (χ2v) is 6.15. The molecule has 4 nitrogen and oxygen atoms in total. The van der Waals surface area contributed by atoms with Crippen LogP contribution in [-0.4, -0.2) is 22.1 Å². The molecule has 0 fully saturated rings. The van der Waals surface area contributed by atoms with Crippen LogP contribution in [0.5, 0.6) is 11.5 Å². The van der Waals surface area contributed by atoms with Crippen LogP contribution < -0.4 is 9.64 Å². The summed E-state index contributed by atoms with van der Waals surface area (Å²) in [5.41, 5.74) is 3.25. The van der Waals surface area contributed by atoms with Gasteiger partial charge in [-0.2, -0.15) is 0 Å².